The van der Waals surface area contributed by atoms with E-state index < -0.39 is 0 Å². The Balaban J connectivity index is 1.69. The summed E-state index contributed by atoms with van der Waals surface area (Å²) < 4.78 is 16.0. The van der Waals surface area contributed by atoms with E-state index in [0.717, 1.165) is 37.2 Å². The average molecular weight is 347 g/mol. The molecule has 0 spiro atoms. The number of hydrogen-bond donors (Lipinski definition) is 2. The van der Waals surface area contributed by atoms with E-state index in [-0.39, 0.29) is 11.9 Å². The van der Waals surface area contributed by atoms with E-state index in [1.54, 1.807) is 20.3 Å². The predicted octanol–water partition coefficient (Wildman–Crippen LogP) is 1.64. The summed E-state index contributed by atoms with van der Waals surface area (Å²) in [6.07, 6.45) is 0. The van der Waals surface area contributed by atoms with E-state index in [1.165, 1.54) is 0 Å². The summed E-state index contributed by atoms with van der Waals surface area (Å²) in [5.74, 6) is 1.22. The van der Waals surface area contributed by atoms with Gasteiger partial charge in [-0.05, 0) is 13.0 Å². The molecule has 7 heteroatoms. The average Bonchev–Trinajstić information content (AvgIpc) is 3.09. The van der Waals surface area contributed by atoms with Crippen LogP contribution in [-0.2, 0) is 4.74 Å². The van der Waals surface area contributed by atoms with Crippen molar-refractivity contribution in [3.05, 3.63) is 23.9 Å². The molecule has 1 atom stereocenters. The highest BCUT2D eigenvalue weighted by Gasteiger charge is 2.19. The highest BCUT2D eigenvalue weighted by Crippen LogP contribution is 2.31. The molecule has 2 N–H and O–H groups in total. The van der Waals surface area contributed by atoms with Crippen LogP contribution >= 0.6 is 0 Å². The van der Waals surface area contributed by atoms with Gasteiger partial charge >= 0.3 is 0 Å². The molecular weight excluding hydrogens is 322 g/mol. The molecule has 0 bridgehead atoms. The lowest BCUT2D eigenvalue weighted by atomic mass is 10.2. The Labute approximate surface area is 147 Å². The molecule has 1 aliphatic rings. The van der Waals surface area contributed by atoms with Gasteiger partial charge in [0.2, 0.25) is 0 Å². The summed E-state index contributed by atoms with van der Waals surface area (Å²) in [7, 11) is 3.20. The quantitative estimate of drug-likeness (QED) is 0.831. The molecule has 1 amide bonds. The van der Waals surface area contributed by atoms with Crippen LogP contribution < -0.4 is 14.8 Å². The Morgan fingerprint density at radius 3 is 2.72 bits per heavy atom. The number of rotatable bonds is 6. The van der Waals surface area contributed by atoms with Crippen molar-refractivity contribution in [2.75, 3.05) is 47.1 Å². The molecule has 0 radical (unpaired) electrons. The maximum atomic E-state index is 12.5. The zero-order valence-corrected chi connectivity index (χ0v) is 14.9. The van der Waals surface area contributed by atoms with Crippen LogP contribution in [-0.4, -0.2) is 68.9 Å². The Hall–Kier alpha value is -2.25. The molecule has 1 aromatic heterocycles. The number of ether oxygens (including phenoxy) is 3. The molecular formula is C18H25N3O4. The fourth-order valence-electron chi connectivity index (χ4n) is 3.07. The number of aromatic amines is 1. The van der Waals surface area contributed by atoms with Crippen LogP contribution in [0.5, 0.6) is 11.5 Å². The third-order valence-corrected chi connectivity index (χ3v) is 4.60. The van der Waals surface area contributed by atoms with E-state index in [2.05, 4.69) is 22.1 Å². The van der Waals surface area contributed by atoms with Crippen LogP contribution in [0.1, 0.15) is 17.4 Å². The second kappa shape index (κ2) is 7.76. The molecule has 0 saturated carbocycles. The Morgan fingerprint density at radius 1 is 1.28 bits per heavy atom. The van der Waals surface area contributed by atoms with E-state index in [9.17, 15) is 4.79 Å². The topological polar surface area (TPSA) is 75.8 Å². The van der Waals surface area contributed by atoms with Gasteiger partial charge in [-0.1, -0.05) is 0 Å². The number of nitrogens with one attached hydrogen (secondary N) is 2. The lowest BCUT2D eigenvalue weighted by Crippen LogP contribution is -2.47. The van der Waals surface area contributed by atoms with E-state index in [1.807, 2.05) is 12.1 Å². The van der Waals surface area contributed by atoms with Gasteiger partial charge in [-0.2, -0.15) is 0 Å². The highest BCUT2D eigenvalue weighted by atomic mass is 16.5. The molecule has 1 fully saturated rings. The van der Waals surface area contributed by atoms with Gasteiger partial charge in [0.05, 0.1) is 33.0 Å². The first kappa shape index (κ1) is 17.6. The summed E-state index contributed by atoms with van der Waals surface area (Å²) in [6.45, 7) is 6.02. The molecule has 1 aromatic carbocycles. The Bertz CT molecular complexity index is 737. The number of carbonyl (C=O) groups excluding carboxylic acids is 1. The number of amides is 1. The number of methoxy groups -OCH3 is 2. The van der Waals surface area contributed by atoms with Crippen molar-refractivity contribution in [2.24, 2.45) is 0 Å². The molecule has 0 unspecified atom stereocenters. The second-order valence-electron chi connectivity index (χ2n) is 6.18. The van der Waals surface area contributed by atoms with Crippen LogP contribution in [0.2, 0.25) is 0 Å². The SMILES string of the molecule is COc1cc(OC)c2cc(C(=O)NC[C@H](C)N3CCOCC3)[nH]c2c1. The van der Waals surface area contributed by atoms with Gasteiger partial charge in [-0.25, -0.2) is 0 Å². The number of hydrogen-bond acceptors (Lipinski definition) is 5. The number of morpholine rings is 1. The van der Waals surface area contributed by atoms with Crippen LogP contribution in [0.3, 0.4) is 0 Å². The van der Waals surface area contributed by atoms with Crippen molar-refractivity contribution in [2.45, 2.75) is 13.0 Å². The number of aromatic nitrogens is 1. The Kier molecular flexibility index (Phi) is 5.45. The minimum atomic E-state index is -0.127. The van der Waals surface area contributed by atoms with Crippen LogP contribution in [0.4, 0.5) is 0 Å². The molecule has 2 heterocycles. The third kappa shape index (κ3) is 3.88. The monoisotopic (exact) mass is 347 g/mol. The zero-order valence-electron chi connectivity index (χ0n) is 14.9. The van der Waals surface area contributed by atoms with Gasteiger partial charge < -0.3 is 24.5 Å². The predicted molar refractivity (Wildman–Crippen MR) is 95.6 cm³/mol. The van der Waals surface area contributed by atoms with Gasteiger partial charge in [0.25, 0.3) is 5.91 Å². The first-order chi connectivity index (χ1) is 12.1. The minimum absolute atomic E-state index is 0.127. The normalized spacial score (nSPS) is 16.6. The zero-order chi connectivity index (χ0) is 17.8. The first-order valence-electron chi connectivity index (χ1n) is 8.47. The van der Waals surface area contributed by atoms with E-state index in [0.29, 0.717) is 23.7 Å². The van der Waals surface area contributed by atoms with Crippen molar-refractivity contribution in [3.8, 4) is 11.5 Å². The smallest absolute Gasteiger partial charge is 0.267 e. The molecule has 136 valence electrons. The molecule has 25 heavy (non-hydrogen) atoms. The number of carbonyl (C=O) groups is 1. The minimum Gasteiger partial charge on any atom is -0.497 e. The first-order valence-corrected chi connectivity index (χ1v) is 8.47. The van der Waals surface area contributed by atoms with E-state index >= 15 is 0 Å². The number of nitrogens with zero attached hydrogens (tertiary/aromatic N) is 1. The van der Waals surface area contributed by atoms with Gasteiger partial charge in [0.1, 0.15) is 17.2 Å². The van der Waals surface area contributed by atoms with Gasteiger partial charge in [0, 0.05) is 43.2 Å². The van der Waals surface area contributed by atoms with Crippen LogP contribution in [0.25, 0.3) is 10.9 Å². The number of H-pyrrole nitrogens is 1. The molecule has 7 nitrogen and oxygen atoms in total. The lowest BCUT2D eigenvalue weighted by molar-refractivity contribution is 0.0204. The molecule has 1 saturated heterocycles. The largest absolute Gasteiger partial charge is 0.497 e. The summed E-state index contributed by atoms with van der Waals surface area (Å²) in [5.41, 5.74) is 1.32. The maximum absolute atomic E-state index is 12.5. The second-order valence-corrected chi connectivity index (χ2v) is 6.18. The molecule has 3 rings (SSSR count). The fraction of sp³-hybridized carbons (Fsp3) is 0.500. The van der Waals surface area contributed by atoms with Crippen molar-refractivity contribution < 1.29 is 19.0 Å². The number of fused-ring (bicyclic) bond motifs is 1. The highest BCUT2D eigenvalue weighted by molar-refractivity contribution is 6.00. The maximum Gasteiger partial charge on any atom is 0.267 e. The standard InChI is InChI=1S/C18H25N3O4/c1-12(21-4-6-25-7-5-21)11-19-18(22)16-10-14-15(20-16)8-13(23-2)9-17(14)24-3/h8-10,12,20H,4-7,11H2,1-3H3,(H,19,22)/t12-/m0/s1. The van der Waals surface area contributed by atoms with Gasteiger partial charge in [0.15, 0.2) is 0 Å². The van der Waals surface area contributed by atoms with Crippen LogP contribution in [0, 0.1) is 0 Å². The third-order valence-electron chi connectivity index (χ3n) is 4.60. The van der Waals surface area contributed by atoms with Crippen molar-refractivity contribution in [3.63, 3.8) is 0 Å². The summed E-state index contributed by atoms with van der Waals surface area (Å²) in [4.78, 5) is 18.0. The van der Waals surface area contributed by atoms with Gasteiger partial charge in [-0.3, -0.25) is 9.69 Å². The lowest BCUT2D eigenvalue weighted by Gasteiger charge is -2.32. The fourth-order valence-corrected chi connectivity index (χ4v) is 3.07. The summed E-state index contributed by atoms with van der Waals surface area (Å²) in [6, 6.07) is 5.73. The summed E-state index contributed by atoms with van der Waals surface area (Å²) >= 11 is 0. The van der Waals surface area contributed by atoms with Crippen LogP contribution in [0.15, 0.2) is 18.2 Å². The Morgan fingerprint density at radius 2 is 2.04 bits per heavy atom. The van der Waals surface area contributed by atoms with Gasteiger partial charge in [-0.15, -0.1) is 0 Å². The number of benzene rings is 1. The molecule has 2 aromatic rings. The van der Waals surface area contributed by atoms with E-state index in [4.69, 9.17) is 14.2 Å². The van der Waals surface area contributed by atoms with Crippen molar-refractivity contribution in [1.82, 2.24) is 15.2 Å². The molecule has 0 aliphatic carbocycles. The molecule has 1 aliphatic heterocycles. The summed E-state index contributed by atoms with van der Waals surface area (Å²) in [5, 5.41) is 3.85. The van der Waals surface area contributed by atoms with Crippen molar-refractivity contribution in [1.29, 1.82) is 0 Å². The van der Waals surface area contributed by atoms with Crippen molar-refractivity contribution >= 4 is 16.8 Å².